The van der Waals surface area contributed by atoms with Crippen LogP contribution in [0.5, 0.6) is 5.75 Å². The van der Waals surface area contributed by atoms with Gasteiger partial charge < -0.3 is 14.4 Å². The molecule has 0 saturated carbocycles. The van der Waals surface area contributed by atoms with Crippen molar-refractivity contribution in [3.8, 4) is 5.75 Å². The highest BCUT2D eigenvalue weighted by molar-refractivity contribution is 5.77. The molecular weight excluding hydrogens is 268 g/mol. The van der Waals surface area contributed by atoms with E-state index in [0.717, 1.165) is 51.3 Å². The molecule has 0 radical (unpaired) electrons. The zero-order valence-corrected chi connectivity index (χ0v) is 12.3. The number of rotatable bonds is 5. The molecule has 1 aromatic rings. The maximum absolute atomic E-state index is 12.0. The fraction of sp³-hybridized carbons (Fsp3) is 0.625. The third kappa shape index (κ3) is 3.53. The average Bonchev–Trinajstić information content (AvgIpc) is 2.97. The molecule has 0 aromatic carbocycles. The number of nitrogens with zero attached hydrogens (tertiary/aromatic N) is 2. The molecule has 1 aromatic heterocycles. The van der Waals surface area contributed by atoms with Crippen molar-refractivity contribution in [1.82, 2.24) is 9.88 Å². The molecule has 1 amide bonds. The van der Waals surface area contributed by atoms with E-state index in [1.54, 1.807) is 12.4 Å². The summed E-state index contributed by atoms with van der Waals surface area (Å²) in [6.07, 6.45) is 7.00. The molecule has 1 atom stereocenters. The molecule has 2 saturated heterocycles. The minimum absolute atomic E-state index is 0.220. The van der Waals surface area contributed by atoms with Crippen molar-refractivity contribution in [3.05, 3.63) is 24.5 Å². The van der Waals surface area contributed by atoms with E-state index >= 15 is 0 Å². The van der Waals surface area contributed by atoms with Gasteiger partial charge in [0.1, 0.15) is 5.75 Å². The minimum Gasteiger partial charge on any atom is -0.492 e. The first-order valence-electron chi connectivity index (χ1n) is 7.66. The van der Waals surface area contributed by atoms with Crippen LogP contribution in [0, 0.1) is 5.41 Å². The van der Waals surface area contributed by atoms with Crippen LogP contribution in [0.25, 0.3) is 0 Å². The maximum Gasteiger partial charge on any atom is 0.222 e. The molecule has 5 heteroatoms. The van der Waals surface area contributed by atoms with Crippen molar-refractivity contribution < 1.29 is 14.3 Å². The van der Waals surface area contributed by atoms with E-state index in [1.165, 1.54) is 0 Å². The number of piperidine rings is 1. The summed E-state index contributed by atoms with van der Waals surface area (Å²) in [5.74, 6) is 1.05. The van der Waals surface area contributed by atoms with E-state index in [1.807, 2.05) is 17.0 Å². The highest BCUT2D eigenvalue weighted by Gasteiger charge is 2.41. The van der Waals surface area contributed by atoms with Crippen LogP contribution < -0.4 is 4.74 Å². The number of carbonyl (C=O) groups excluding carboxylic acids is 1. The van der Waals surface area contributed by atoms with Gasteiger partial charge in [-0.25, -0.2) is 0 Å². The number of hydrogen-bond donors (Lipinski definition) is 0. The van der Waals surface area contributed by atoms with Crippen LogP contribution in [0.2, 0.25) is 0 Å². The fourth-order valence-corrected chi connectivity index (χ4v) is 3.16. The first kappa shape index (κ1) is 14.3. The Morgan fingerprint density at radius 1 is 1.43 bits per heavy atom. The van der Waals surface area contributed by atoms with Gasteiger partial charge in [0.2, 0.25) is 5.91 Å². The second-order valence-corrected chi connectivity index (χ2v) is 6.01. The van der Waals surface area contributed by atoms with E-state index < -0.39 is 0 Å². The number of likely N-dealkylation sites (tertiary alicyclic amines) is 1. The van der Waals surface area contributed by atoms with Gasteiger partial charge in [-0.3, -0.25) is 9.78 Å². The molecule has 2 aliphatic heterocycles. The Morgan fingerprint density at radius 2 is 2.38 bits per heavy atom. The third-order valence-electron chi connectivity index (χ3n) is 4.41. The van der Waals surface area contributed by atoms with Gasteiger partial charge in [-0.15, -0.1) is 0 Å². The number of hydrogen-bond acceptors (Lipinski definition) is 4. The predicted molar refractivity (Wildman–Crippen MR) is 78.0 cm³/mol. The molecule has 3 rings (SSSR count). The average molecular weight is 290 g/mol. The maximum atomic E-state index is 12.0. The second kappa shape index (κ2) is 6.43. The predicted octanol–water partition coefficient (Wildman–Crippen LogP) is 1.88. The zero-order chi connectivity index (χ0) is 14.5. The van der Waals surface area contributed by atoms with Gasteiger partial charge in [0.05, 0.1) is 19.4 Å². The van der Waals surface area contributed by atoms with Crippen molar-refractivity contribution in [2.45, 2.75) is 25.7 Å². The molecule has 1 spiro atoms. The van der Waals surface area contributed by atoms with Gasteiger partial charge >= 0.3 is 0 Å². The highest BCUT2D eigenvalue weighted by Crippen LogP contribution is 2.37. The standard InChI is InChI=1S/C16H22N2O3/c19-15-4-5-16(6-10-20-13-16)12-18(15)8-2-9-21-14-3-1-7-17-11-14/h1,3,7,11H,2,4-6,8-10,12-13H2/t16-/m1/s1. The number of aromatic nitrogens is 1. The van der Waals surface area contributed by atoms with Crippen LogP contribution >= 0.6 is 0 Å². The lowest BCUT2D eigenvalue weighted by atomic mass is 9.79. The van der Waals surface area contributed by atoms with Gasteiger partial charge in [0, 0.05) is 37.7 Å². The summed E-state index contributed by atoms with van der Waals surface area (Å²) in [5, 5.41) is 0. The lowest BCUT2D eigenvalue weighted by Gasteiger charge is -2.39. The Balaban J connectivity index is 1.44. The monoisotopic (exact) mass is 290 g/mol. The number of ether oxygens (including phenoxy) is 2. The Morgan fingerprint density at radius 3 is 3.14 bits per heavy atom. The Labute approximate surface area is 125 Å². The molecule has 2 aliphatic rings. The van der Waals surface area contributed by atoms with E-state index in [-0.39, 0.29) is 11.3 Å². The van der Waals surface area contributed by atoms with Crippen molar-refractivity contribution in [3.63, 3.8) is 0 Å². The lowest BCUT2D eigenvalue weighted by molar-refractivity contribution is -0.137. The Kier molecular flexibility index (Phi) is 4.39. The molecule has 0 unspecified atom stereocenters. The largest absolute Gasteiger partial charge is 0.492 e. The van der Waals surface area contributed by atoms with Gasteiger partial charge in [0.25, 0.3) is 0 Å². The molecular formula is C16H22N2O3. The first-order valence-corrected chi connectivity index (χ1v) is 7.66. The summed E-state index contributed by atoms with van der Waals surface area (Å²) in [5.41, 5.74) is 0.220. The van der Waals surface area contributed by atoms with E-state index in [2.05, 4.69) is 4.98 Å². The topological polar surface area (TPSA) is 51.7 Å². The molecule has 0 bridgehead atoms. The smallest absolute Gasteiger partial charge is 0.222 e. The molecule has 0 aliphatic carbocycles. The number of amides is 1. The third-order valence-corrected chi connectivity index (χ3v) is 4.41. The van der Waals surface area contributed by atoms with Crippen LogP contribution in [-0.4, -0.2) is 48.7 Å². The first-order chi connectivity index (χ1) is 10.3. The van der Waals surface area contributed by atoms with Crippen LogP contribution in [0.4, 0.5) is 0 Å². The van der Waals surface area contributed by atoms with Crippen LogP contribution in [0.3, 0.4) is 0 Å². The van der Waals surface area contributed by atoms with E-state index in [0.29, 0.717) is 13.0 Å². The molecule has 0 N–H and O–H groups in total. The normalized spacial score (nSPS) is 25.5. The molecule has 114 valence electrons. The van der Waals surface area contributed by atoms with Gasteiger partial charge in [-0.05, 0) is 31.4 Å². The molecule has 21 heavy (non-hydrogen) atoms. The quantitative estimate of drug-likeness (QED) is 0.777. The van der Waals surface area contributed by atoms with Crippen molar-refractivity contribution in [1.29, 1.82) is 0 Å². The number of pyridine rings is 1. The van der Waals surface area contributed by atoms with E-state index in [4.69, 9.17) is 9.47 Å². The van der Waals surface area contributed by atoms with Crippen molar-refractivity contribution in [2.75, 3.05) is 32.9 Å². The fourth-order valence-electron chi connectivity index (χ4n) is 3.16. The summed E-state index contributed by atoms with van der Waals surface area (Å²) in [6, 6.07) is 3.75. The van der Waals surface area contributed by atoms with Crippen LogP contribution in [0.15, 0.2) is 24.5 Å². The van der Waals surface area contributed by atoms with Crippen LogP contribution in [-0.2, 0) is 9.53 Å². The molecule has 2 fully saturated rings. The summed E-state index contributed by atoms with van der Waals surface area (Å²) in [4.78, 5) is 18.0. The summed E-state index contributed by atoms with van der Waals surface area (Å²) in [6.45, 7) is 3.87. The second-order valence-electron chi connectivity index (χ2n) is 6.01. The summed E-state index contributed by atoms with van der Waals surface area (Å²) < 4.78 is 11.2. The SMILES string of the molecule is O=C1CC[C@@]2(CCOC2)CN1CCCOc1cccnc1. The summed E-state index contributed by atoms with van der Waals surface area (Å²) in [7, 11) is 0. The minimum atomic E-state index is 0.220. The van der Waals surface area contributed by atoms with Gasteiger partial charge in [-0.1, -0.05) is 0 Å². The van der Waals surface area contributed by atoms with Crippen molar-refractivity contribution in [2.24, 2.45) is 5.41 Å². The molecule has 5 nitrogen and oxygen atoms in total. The lowest BCUT2D eigenvalue weighted by Crippen LogP contribution is -2.47. The van der Waals surface area contributed by atoms with Crippen molar-refractivity contribution >= 4 is 5.91 Å². The molecule has 3 heterocycles. The van der Waals surface area contributed by atoms with E-state index in [9.17, 15) is 4.79 Å². The zero-order valence-electron chi connectivity index (χ0n) is 12.3. The van der Waals surface area contributed by atoms with Crippen LogP contribution in [0.1, 0.15) is 25.7 Å². The van der Waals surface area contributed by atoms with Gasteiger partial charge in [0.15, 0.2) is 0 Å². The van der Waals surface area contributed by atoms with Gasteiger partial charge in [-0.2, -0.15) is 0 Å². The highest BCUT2D eigenvalue weighted by atomic mass is 16.5. The Bertz CT molecular complexity index is 472. The Hall–Kier alpha value is -1.62. The number of carbonyl (C=O) groups is 1. The summed E-state index contributed by atoms with van der Waals surface area (Å²) >= 11 is 0.